The fourth-order valence-corrected chi connectivity index (χ4v) is 3.00. The van der Waals surface area contributed by atoms with Gasteiger partial charge in [0.1, 0.15) is 5.75 Å². The highest BCUT2D eigenvalue weighted by Crippen LogP contribution is 2.22. The minimum atomic E-state index is -0.492. The summed E-state index contributed by atoms with van der Waals surface area (Å²) in [7, 11) is 2.02. The summed E-state index contributed by atoms with van der Waals surface area (Å²) in [4.78, 5) is 14.6. The highest BCUT2D eigenvalue weighted by atomic mass is 16.5. The van der Waals surface area contributed by atoms with E-state index in [9.17, 15) is 4.79 Å². The molecule has 0 saturated heterocycles. The Labute approximate surface area is 160 Å². The van der Waals surface area contributed by atoms with E-state index in [4.69, 9.17) is 4.74 Å². The molecular weight excluding hydrogens is 336 g/mol. The van der Waals surface area contributed by atoms with Crippen LogP contribution in [0, 0.1) is 0 Å². The van der Waals surface area contributed by atoms with E-state index >= 15 is 0 Å². The highest BCUT2D eigenvalue weighted by molar-refractivity contribution is 5.84. The van der Waals surface area contributed by atoms with Crippen LogP contribution in [-0.4, -0.2) is 32.1 Å². The van der Waals surface area contributed by atoms with Crippen molar-refractivity contribution >= 4 is 22.4 Å². The molecule has 0 aromatic heterocycles. The molecule has 0 saturated carbocycles. The number of para-hydroxylation sites is 1. The molecule has 3 aromatic carbocycles. The Kier molecular flexibility index (Phi) is 6.31. The summed E-state index contributed by atoms with van der Waals surface area (Å²) < 4.78 is 5.95. The Morgan fingerprint density at radius 1 is 1.00 bits per heavy atom. The molecule has 0 spiro atoms. The maximum atomic E-state index is 12.5. The number of likely N-dealkylation sites (N-methyl/N-ethyl adjacent to an activating group) is 1. The van der Waals surface area contributed by atoms with Gasteiger partial charge < -0.3 is 15.0 Å². The maximum Gasteiger partial charge on any atom is 0.261 e. The van der Waals surface area contributed by atoms with Gasteiger partial charge in [-0.1, -0.05) is 55.5 Å². The number of carbonyl (C=O) groups excluding carboxylic acids is 1. The zero-order valence-electron chi connectivity index (χ0n) is 15.9. The van der Waals surface area contributed by atoms with Crippen LogP contribution in [0.3, 0.4) is 0 Å². The van der Waals surface area contributed by atoms with Gasteiger partial charge in [0.05, 0.1) is 0 Å². The largest absolute Gasteiger partial charge is 0.481 e. The molecule has 27 heavy (non-hydrogen) atoms. The van der Waals surface area contributed by atoms with Crippen LogP contribution in [0.5, 0.6) is 5.75 Å². The molecule has 1 atom stereocenters. The highest BCUT2D eigenvalue weighted by Gasteiger charge is 2.18. The number of fused-ring (bicyclic) bond motifs is 1. The third-order valence-electron chi connectivity index (χ3n) is 4.61. The molecule has 0 aliphatic heterocycles. The van der Waals surface area contributed by atoms with Crippen LogP contribution in [0.15, 0.2) is 72.8 Å². The molecule has 1 N–H and O–H groups in total. The number of ether oxygens (including phenoxy) is 1. The molecule has 0 heterocycles. The van der Waals surface area contributed by atoms with Crippen LogP contribution in [0.1, 0.15) is 13.3 Å². The first kappa shape index (κ1) is 18.8. The normalized spacial score (nSPS) is 11.8. The summed E-state index contributed by atoms with van der Waals surface area (Å²) in [5, 5.41) is 5.25. The number of benzene rings is 3. The number of hydrogen-bond donors (Lipinski definition) is 1. The van der Waals surface area contributed by atoms with E-state index in [0.29, 0.717) is 13.0 Å². The van der Waals surface area contributed by atoms with E-state index in [1.807, 2.05) is 68.6 Å². The standard InChI is InChI=1S/C23H26N2O2/c1-3-22(27-21-14-13-18-9-7-8-10-19(18)17-21)23(26)24-15-16-25(2)20-11-5-4-6-12-20/h4-14,17,22H,3,15-16H2,1-2H3,(H,24,26)/t22-/m0/s1. The van der Waals surface area contributed by atoms with Crippen LogP contribution in [-0.2, 0) is 4.79 Å². The lowest BCUT2D eigenvalue weighted by Crippen LogP contribution is -2.41. The lowest BCUT2D eigenvalue weighted by Gasteiger charge is -2.21. The smallest absolute Gasteiger partial charge is 0.261 e. The average Bonchev–Trinajstić information content (AvgIpc) is 2.72. The molecule has 1 amide bonds. The molecular formula is C23H26N2O2. The molecule has 140 valence electrons. The first-order chi connectivity index (χ1) is 13.2. The number of amides is 1. The Hall–Kier alpha value is -3.01. The molecule has 0 aliphatic carbocycles. The Morgan fingerprint density at radius 3 is 2.44 bits per heavy atom. The third kappa shape index (κ3) is 5.00. The predicted octanol–water partition coefficient (Wildman–Crippen LogP) is 4.25. The van der Waals surface area contributed by atoms with Crippen molar-refractivity contribution < 1.29 is 9.53 Å². The Balaban J connectivity index is 1.54. The lowest BCUT2D eigenvalue weighted by molar-refractivity contribution is -0.128. The zero-order chi connectivity index (χ0) is 19.1. The molecule has 4 heteroatoms. The van der Waals surface area contributed by atoms with Gasteiger partial charge in [0, 0.05) is 25.8 Å². The molecule has 0 fully saturated rings. The fraction of sp³-hybridized carbons (Fsp3) is 0.261. The molecule has 4 nitrogen and oxygen atoms in total. The van der Waals surface area contributed by atoms with Gasteiger partial charge in [0.2, 0.25) is 0 Å². The third-order valence-corrected chi connectivity index (χ3v) is 4.61. The summed E-state index contributed by atoms with van der Waals surface area (Å²) in [6.07, 6.45) is 0.126. The first-order valence-electron chi connectivity index (χ1n) is 9.36. The molecule has 0 bridgehead atoms. The summed E-state index contributed by atoms with van der Waals surface area (Å²) in [6.45, 7) is 3.27. The van der Waals surface area contributed by atoms with Crippen molar-refractivity contribution in [3.05, 3.63) is 72.8 Å². The second kappa shape index (κ2) is 9.08. The monoisotopic (exact) mass is 362 g/mol. The Bertz CT molecular complexity index is 880. The Morgan fingerprint density at radius 2 is 1.70 bits per heavy atom. The minimum Gasteiger partial charge on any atom is -0.481 e. The number of carbonyl (C=O) groups is 1. The fourth-order valence-electron chi connectivity index (χ4n) is 3.00. The van der Waals surface area contributed by atoms with Gasteiger partial charge in [-0.3, -0.25) is 4.79 Å². The second-order valence-electron chi connectivity index (χ2n) is 6.57. The van der Waals surface area contributed by atoms with Crippen molar-refractivity contribution in [1.82, 2.24) is 5.32 Å². The number of rotatable bonds is 8. The van der Waals surface area contributed by atoms with Gasteiger partial charge in [0.15, 0.2) is 6.10 Å². The van der Waals surface area contributed by atoms with Gasteiger partial charge in [-0.15, -0.1) is 0 Å². The topological polar surface area (TPSA) is 41.6 Å². The maximum absolute atomic E-state index is 12.5. The van der Waals surface area contributed by atoms with Gasteiger partial charge in [0.25, 0.3) is 5.91 Å². The lowest BCUT2D eigenvalue weighted by atomic mass is 10.1. The SMILES string of the molecule is CC[C@H](Oc1ccc2ccccc2c1)C(=O)NCCN(C)c1ccccc1. The number of nitrogens with zero attached hydrogens (tertiary/aromatic N) is 1. The number of hydrogen-bond acceptors (Lipinski definition) is 3. The van der Waals surface area contributed by atoms with Gasteiger partial charge in [-0.25, -0.2) is 0 Å². The van der Waals surface area contributed by atoms with E-state index in [1.165, 1.54) is 0 Å². The van der Waals surface area contributed by atoms with Gasteiger partial charge in [-0.05, 0) is 41.5 Å². The zero-order valence-corrected chi connectivity index (χ0v) is 15.9. The van der Waals surface area contributed by atoms with Crippen molar-refractivity contribution in [3.63, 3.8) is 0 Å². The molecule has 0 radical (unpaired) electrons. The van der Waals surface area contributed by atoms with Crippen LogP contribution >= 0.6 is 0 Å². The van der Waals surface area contributed by atoms with Crippen molar-refractivity contribution in [2.75, 3.05) is 25.0 Å². The van der Waals surface area contributed by atoms with E-state index in [2.05, 4.69) is 28.4 Å². The molecule has 0 aliphatic rings. The van der Waals surface area contributed by atoms with Gasteiger partial charge >= 0.3 is 0 Å². The van der Waals surface area contributed by atoms with Crippen molar-refractivity contribution in [1.29, 1.82) is 0 Å². The second-order valence-corrected chi connectivity index (χ2v) is 6.57. The summed E-state index contributed by atoms with van der Waals surface area (Å²) >= 11 is 0. The average molecular weight is 362 g/mol. The molecule has 3 aromatic rings. The molecule has 0 unspecified atom stereocenters. The molecule has 3 rings (SSSR count). The van der Waals surface area contributed by atoms with Crippen LogP contribution in [0.2, 0.25) is 0 Å². The predicted molar refractivity (Wildman–Crippen MR) is 111 cm³/mol. The number of nitrogens with one attached hydrogen (secondary N) is 1. The van der Waals surface area contributed by atoms with Gasteiger partial charge in [-0.2, -0.15) is 0 Å². The first-order valence-corrected chi connectivity index (χ1v) is 9.36. The quantitative estimate of drug-likeness (QED) is 0.651. The summed E-state index contributed by atoms with van der Waals surface area (Å²) in [5.74, 6) is 0.643. The van der Waals surface area contributed by atoms with E-state index in [1.54, 1.807) is 0 Å². The van der Waals surface area contributed by atoms with Crippen LogP contribution in [0.25, 0.3) is 10.8 Å². The summed E-state index contributed by atoms with van der Waals surface area (Å²) in [5.41, 5.74) is 1.13. The number of anilines is 1. The summed E-state index contributed by atoms with van der Waals surface area (Å²) in [6, 6.07) is 24.2. The van der Waals surface area contributed by atoms with Crippen LogP contribution in [0.4, 0.5) is 5.69 Å². The van der Waals surface area contributed by atoms with Crippen LogP contribution < -0.4 is 15.0 Å². The van der Waals surface area contributed by atoms with Crippen molar-refractivity contribution in [2.24, 2.45) is 0 Å². The van der Waals surface area contributed by atoms with Crippen molar-refractivity contribution in [2.45, 2.75) is 19.4 Å². The minimum absolute atomic E-state index is 0.0767. The van der Waals surface area contributed by atoms with Crippen molar-refractivity contribution in [3.8, 4) is 5.75 Å². The van der Waals surface area contributed by atoms with E-state index in [0.717, 1.165) is 28.8 Å². The van der Waals surface area contributed by atoms with E-state index < -0.39 is 6.10 Å². The van der Waals surface area contributed by atoms with E-state index in [-0.39, 0.29) is 5.91 Å².